The van der Waals surface area contributed by atoms with Gasteiger partial charge in [-0.15, -0.1) is 0 Å². The molecule has 0 aliphatic heterocycles. The molecule has 0 amide bonds. The molecule has 0 radical (unpaired) electrons. The van der Waals surface area contributed by atoms with Crippen molar-refractivity contribution < 1.29 is 5.11 Å². The standard InChI is InChI=1S/C7H11N7O/c8-13-7-11-5(9-1-2-15)4-3-10-14-6(4)12-7/h3,15H,1-2,8H2,(H3,9,10,11,12,13,14). The Labute approximate surface area is 84.9 Å². The fraction of sp³-hybridized carbons (Fsp3) is 0.286. The molecule has 8 nitrogen and oxygen atoms in total. The van der Waals surface area contributed by atoms with Gasteiger partial charge in [0.15, 0.2) is 5.65 Å². The molecule has 80 valence electrons. The number of nitrogens with zero attached hydrogens (tertiary/aromatic N) is 3. The van der Waals surface area contributed by atoms with E-state index in [0.29, 0.717) is 18.0 Å². The zero-order chi connectivity index (χ0) is 10.7. The van der Waals surface area contributed by atoms with E-state index in [1.807, 2.05) is 0 Å². The maximum Gasteiger partial charge on any atom is 0.241 e. The fourth-order valence-electron chi connectivity index (χ4n) is 1.21. The number of hydrogen-bond acceptors (Lipinski definition) is 7. The number of aromatic nitrogens is 4. The van der Waals surface area contributed by atoms with E-state index in [4.69, 9.17) is 10.9 Å². The molecule has 6 N–H and O–H groups in total. The first kappa shape index (κ1) is 9.62. The third-order valence-electron chi connectivity index (χ3n) is 1.84. The van der Waals surface area contributed by atoms with Crippen molar-refractivity contribution in [3.8, 4) is 0 Å². The van der Waals surface area contributed by atoms with Crippen LogP contribution in [0.5, 0.6) is 0 Å². The molecule has 0 aliphatic rings. The number of anilines is 2. The van der Waals surface area contributed by atoms with Crippen LogP contribution < -0.4 is 16.6 Å². The molecule has 15 heavy (non-hydrogen) atoms. The quantitative estimate of drug-likeness (QED) is 0.324. The number of nitrogens with two attached hydrogens (primary N) is 1. The van der Waals surface area contributed by atoms with Crippen molar-refractivity contribution in [2.24, 2.45) is 5.84 Å². The van der Waals surface area contributed by atoms with Crippen molar-refractivity contribution in [3.05, 3.63) is 6.20 Å². The average molecular weight is 209 g/mol. The molecule has 2 rings (SSSR count). The molecule has 0 saturated heterocycles. The lowest BCUT2D eigenvalue weighted by Gasteiger charge is -2.06. The van der Waals surface area contributed by atoms with Gasteiger partial charge in [0, 0.05) is 6.54 Å². The van der Waals surface area contributed by atoms with Gasteiger partial charge in [-0.2, -0.15) is 15.1 Å². The molecular weight excluding hydrogens is 198 g/mol. The van der Waals surface area contributed by atoms with E-state index >= 15 is 0 Å². The minimum absolute atomic E-state index is 0.0226. The van der Waals surface area contributed by atoms with Gasteiger partial charge < -0.3 is 10.4 Å². The second kappa shape index (κ2) is 4.07. The summed E-state index contributed by atoms with van der Waals surface area (Å²) in [6, 6.07) is 0. The van der Waals surface area contributed by atoms with Crippen molar-refractivity contribution in [1.82, 2.24) is 20.2 Å². The second-order valence-corrected chi connectivity index (χ2v) is 2.82. The minimum Gasteiger partial charge on any atom is -0.395 e. The van der Waals surface area contributed by atoms with E-state index in [1.54, 1.807) is 6.20 Å². The van der Waals surface area contributed by atoms with Gasteiger partial charge in [0.05, 0.1) is 18.2 Å². The van der Waals surface area contributed by atoms with Crippen molar-refractivity contribution in [1.29, 1.82) is 0 Å². The molecular formula is C7H11N7O. The summed E-state index contributed by atoms with van der Waals surface area (Å²) in [4.78, 5) is 8.15. The topological polar surface area (TPSA) is 125 Å². The summed E-state index contributed by atoms with van der Waals surface area (Å²) >= 11 is 0. The lowest BCUT2D eigenvalue weighted by atomic mass is 10.4. The van der Waals surface area contributed by atoms with E-state index in [1.165, 1.54) is 0 Å². The summed E-state index contributed by atoms with van der Waals surface area (Å²) in [7, 11) is 0. The molecule has 2 heterocycles. The molecule has 8 heteroatoms. The van der Waals surface area contributed by atoms with Gasteiger partial charge >= 0.3 is 0 Å². The van der Waals surface area contributed by atoms with Crippen LogP contribution in [0.1, 0.15) is 0 Å². The lowest BCUT2D eigenvalue weighted by molar-refractivity contribution is 0.311. The van der Waals surface area contributed by atoms with E-state index in [2.05, 4.69) is 30.9 Å². The van der Waals surface area contributed by atoms with Crippen molar-refractivity contribution >= 4 is 22.8 Å². The first-order valence-electron chi connectivity index (χ1n) is 4.37. The summed E-state index contributed by atoms with van der Waals surface area (Å²) in [6.07, 6.45) is 1.61. The first-order chi connectivity index (χ1) is 7.35. The van der Waals surface area contributed by atoms with Crippen LogP contribution in [0.3, 0.4) is 0 Å². The third-order valence-corrected chi connectivity index (χ3v) is 1.84. The van der Waals surface area contributed by atoms with Gasteiger partial charge in [0.25, 0.3) is 0 Å². The number of H-pyrrole nitrogens is 1. The maximum atomic E-state index is 8.71. The zero-order valence-electron chi connectivity index (χ0n) is 7.86. The van der Waals surface area contributed by atoms with Gasteiger partial charge in [0.2, 0.25) is 5.95 Å². The Morgan fingerprint density at radius 1 is 1.47 bits per heavy atom. The molecule has 0 bridgehead atoms. The minimum atomic E-state index is 0.0226. The molecule has 2 aromatic rings. The van der Waals surface area contributed by atoms with E-state index < -0.39 is 0 Å². The molecule has 0 fully saturated rings. The number of hydrazine groups is 1. The van der Waals surface area contributed by atoms with Gasteiger partial charge in [-0.25, -0.2) is 5.84 Å². The Bertz CT molecular complexity index is 454. The predicted octanol–water partition coefficient (Wildman–Crippen LogP) is -0.957. The lowest BCUT2D eigenvalue weighted by Crippen LogP contribution is -2.13. The van der Waals surface area contributed by atoms with Crippen molar-refractivity contribution in [2.45, 2.75) is 0 Å². The normalized spacial score (nSPS) is 10.5. The van der Waals surface area contributed by atoms with Gasteiger partial charge in [-0.05, 0) is 0 Å². The second-order valence-electron chi connectivity index (χ2n) is 2.82. The van der Waals surface area contributed by atoms with Crippen molar-refractivity contribution in [3.63, 3.8) is 0 Å². The SMILES string of the molecule is NNc1nc(NCCO)c2cn[nH]c2n1. The first-order valence-corrected chi connectivity index (χ1v) is 4.37. The molecule has 0 atom stereocenters. The summed E-state index contributed by atoms with van der Waals surface area (Å²) in [6.45, 7) is 0.427. The molecule has 0 spiro atoms. The van der Waals surface area contributed by atoms with Gasteiger partial charge in [-0.3, -0.25) is 10.5 Å². The van der Waals surface area contributed by atoms with Gasteiger partial charge in [-0.1, -0.05) is 0 Å². The average Bonchev–Trinajstić information content (AvgIpc) is 2.73. The summed E-state index contributed by atoms with van der Waals surface area (Å²) in [5, 5.41) is 19.0. The van der Waals surface area contributed by atoms with Crippen LogP contribution in [0.15, 0.2) is 6.20 Å². The molecule has 0 saturated carbocycles. The van der Waals surface area contributed by atoms with Crippen molar-refractivity contribution in [2.75, 3.05) is 23.9 Å². The van der Waals surface area contributed by atoms with E-state index in [0.717, 1.165) is 5.39 Å². The Morgan fingerprint density at radius 3 is 3.07 bits per heavy atom. The van der Waals surface area contributed by atoms with E-state index in [9.17, 15) is 0 Å². The van der Waals surface area contributed by atoms with Crippen LogP contribution in [0.25, 0.3) is 11.0 Å². The smallest absolute Gasteiger partial charge is 0.241 e. The highest BCUT2D eigenvalue weighted by Crippen LogP contribution is 2.18. The maximum absolute atomic E-state index is 8.71. The van der Waals surface area contributed by atoms with Crippen LogP contribution in [0, 0.1) is 0 Å². The highest BCUT2D eigenvalue weighted by atomic mass is 16.3. The van der Waals surface area contributed by atoms with Crippen LogP contribution in [0.4, 0.5) is 11.8 Å². The Balaban J connectivity index is 2.43. The van der Waals surface area contributed by atoms with E-state index in [-0.39, 0.29) is 12.6 Å². The highest BCUT2D eigenvalue weighted by molar-refractivity contribution is 5.86. The number of aromatic amines is 1. The van der Waals surface area contributed by atoms with Crippen LogP contribution in [0.2, 0.25) is 0 Å². The predicted molar refractivity (Wildman–Crippen MR) is 55.1 cm³/mol. The monoisotopic (exact) mass is 209 g/mol. The Morgan fingerprint density at radius 2 is 2.33 bits per heavy atom. The number of fused-ring (bicyclic) bond motifs is 1. The summed E-state index contributed by atoms with van der Waals surface area (Å²) in [5.74, 6) is 6.08. The van der Waals surface area contributed by atoms with Crippen LogP contribution in [-0.2, 0) is 0 Å². The Hall–Kier alpha value is -1.93. The number of aliphatic hydroxyl groups excluding tert-OH is 1. The number of hydrogen-bond donors (Lipinski definition) is 5. The molecule has 2 aromatic heterocycles. The zero-order valence-corrected chi connectivity index (χ0v) is 7.86. The number of nitrogens with one attached hydrogen (secondary N) is 3. The number of nitrogen functional groups attached to an aromatic ring is 1. The van der Waals surface area contributed by atoms with Crippen LogP contribution in [-0.4, -0.2) is 38.4 Å². The number of rotatable bonds is 4. The Kier molecular flexibility index (Phi) is 2.61. The largest absolute Gasteiger partial charge is 0.395 e. The molecule has 0 aliphatic carbocycles. The van der Waals surface area contributed by atoms with Gasteiger partial charge in [0.1, 0.15) is 5.82 Å². The number of aliphatic hydroxyl groups is 1. The highest BCUT2D eigenvalue weighted by Gasteiger charge is 2.07. The summed E-state index contributed by atoms with van der Waals surface area (Å²) < 4.78 is 0. The third kappa shape index (κ3) is 1.80. The molecule has 0 aromatic carbocycles. The van der Waals surface area contributed by atoms with Crippen LogP contribution >= 0.6 is 0 Å². The fourth-order valence-corrected chi connectivity index (χ4v) is 1.21. The molecule has 0 unspecified atom stereocenters. The summed E-state index contributed by atoms with van der Waals surface area (Å²) in [5.41, 5.74) is 2.94.